The molecule has 0 N–H and O–H groups in total. The summed E-state index contributed by atoms with van der Waals surface area (Å²) in [6.45, 7) is -0.196. The molecule has 2 nitrogen and oxygen atoms in total. The number of halogens is 3. The molecule has 0 spiro atoms. The number of hydrogen-bond donors (Lipinski definition) is 0. The van der Waals surface area contributed by atoms with E-state index >= 15 is 0 Å². The third-order valence-electron chi connectivity index (χ3n) is 1.17. The Balaban J connectivity index is 3.01. The molecule has 12 heavy (non-hydrogen) atoms. The number of terminal acetylenes is 1. The highest BCUT2D eigenvalue weighted by atomic mass is 19.4. The smallest absolute Gasteiger partial charge is 0.248 e. The van der Waals surface area contributed by atoms with E-state index in [1.54, 1.807) is 0 Å². The van der Waals surface area contributed by atoms with Gasteiger partial charge in [0.15, 0.2) is 5.69 Å². The Morgan fingerprint density at radius 2 is 2.33 bits per heavy atom. The summed E-state index contributed by atoms with van der Waals surface area (Å²) in [6.07, 6.45) is 1.35. The number of hydrogen-bond acceptors (Lipinski definition) is 1. The molecule has 5 heteroatoms. The molecule has 0 saturated carbocycles. The monoisotopic (exact) mass is 173 g/mol. The minimum absolute atomic E-state index is 0.196. The molecule has 1 aromatic heterocycles. The van der Waals surface area contributed by atoms with Crippen LogP contribution in [0.3, 0.4) is 0 Å². The summed E-state index contributed by atoms with van der Waals surface area (Å²) in [5, 5.41) is 3.37. The van der Waals surface area contributed by atoms with Crippen molar-refractivity contribution in [2.45, 2.75) is 12.7 Å². The van der Waals surface area contributed by atoms with Crippen LogP contribution in [0.5, 0.6) is 0 Å². The molecule has 1 heterocycles. The first-order valence-electron chi connectivity index (χ1n) is 3.00. The van der Waals surface area contributed by atoms with E-state index < -0.39 is 11.9 Å². The number of nitrogens with zero attached hydrogens (tertiary/aromatic N) is 2. The molecular formula is C7H4F3N2. The Bertz CT molecular complexity index is 305. The predicted molar refractivity (Wildman–Crippen MR) is 34.9 cm³/mol. The SMILES string of the molecule is C#CCn1nc[c]c1C(F)(F)F. The average molecular weight is 173 g/mol. The minimum Gasteiger partial charge on any atom is -0.248 e. The summed E-state index contributed by atoms with van der Waals surface area (Å²) >= 11 is 0. The van der Waals surface area contributed by atoms with Crippen LogP contribution in [-0.2, 0) is 12.7 Å². The maximum Gasteiger partial charge on any atom is 0.433 e. The van der Waals surface area contributed by atoms with Crippen molar-refractivity contribution in [3.8, 4) is 12.3 Å². The van der Waals surface area contributed by atoms with Crippen molar-refractivity contribution in [1.82, 2.24) is 9.78 Å². The van der Waals surface area contributed by atoms with Gasteiger partial charge in [0, 0.05) is 6.07 Å². The summed E-state index contributed by atoms with van der Waals surface area (Å²) in [7, 11) is 0. The first-order valence-corrected chi connectivity index (χ1v) is 3.00. The molecule has 1 aromatic rings. The average Bonchev–Trinajstić information content (AvgIpc) is 2.34. The third-order valence-corrected chi connectivity index (χ3v) is 1.17. The lowest BCUT2D eigenvalue weighted by atomic mass is 10.4. The van der Waals surface area contributed by atoms with Crippen LogP contribution in [0.1, 0.15) is 5.69 Å². The van der Waals surface area contributed by atoms with E-state index in [4.69, 9.17) is 6.42 Å². The van der Waals surface area contributed by atoms with Gasteiger partial charge in [-0.1, -0.05) is 5.92 Å². The molecule has 0 unspecified atom stereocenters. The molecule has 0 fully saturated rings. The maximum atomic E-state index is 12.0. The zero-order valence-corrected chi connectivity index (χ0v) is 5.89. The van der Waals surface area contributed by atoms with E-state index in [2.05, 4.69) is 11.0 Å². The van der Waals surface area contributed by atoms with Crippen LogP contribution < -0.4 is 0 Å². The Morgan fingerprint density at radius 1 is 1.67 bits per heavy atom. The zero-order valence-electron chi connectivity index (χ0n) is 5.89. The summed E-state index contributed by atoms with van der Waals surface area (Å²) in [6, 6.07) is 1.96. The number of alkyl halides is 3. The molecular weight excluding hydrogens is 169 g/mol. The fourth-order valence-electron chi connectivity index (χ4n) is 0.726. The summed E-state index contributed by atoms with van der Waals surface area (Å²) in [4.78, 5) is 0. The van der Waals surface area contributed by atoms with Crippen LogP contribution in [0.25, 0.3) is 0 Å². The molecule has 0 atom stereocenters. The molecule has 0 aliphatic rings. The minimum atomic E-state index is -4.44. The lowest BCUT2D eigenvalue weighted by Crippen LogP contribution is -2.14. The maximum absolute atomic E-state index is 12.0. The molecule has 0 aromatic carbocycles. The van der Waals surface area contributed by atoms with Gasteiger partial charge in [-0.2, -0.15) is 18.3 Å². The van der Waals surface area contributed by atoms with Crippen LogP contribution in [0.4, 0.5) is 13.2 Å². The summed E-state index contributed by atoms with van der Waals surface area (Å²) in [5.41, 5.74) is -0.944. The first kappa shape index (κ1) is 8.65. The van der Waals surface area contributed by atoms with E-state index in [-0.39, 0.29) is 6.54 Å². The van der Waals surface area contributed by atoms with E-state index in [1.807, 2.05) is 6.07 Å². The second kappa shape index (κ2) is 2.89. The van der Waals surface area contributed by atoms with Gasteiger partial charge in [-0.3, -0.25) is 0 Å². The van der Waals surface area contributed by atoms with Crippen molar-refractivity contribution < 1.29 is 13.2 Å². The van der Waals surface area contributed by atoms with Crippen molar-refractivity contribution >= 4 is 0 Å². The zero-order chi connectivity index (χ0) is 9.19. The van der Waals surface area contributed by atoms with Gasteiger partial charge in [-0.05, 0) is 0 Å². The largest absolute Gasteiger partial charge is 0.433 e. The fraction of sp³-hybridized carbons (Fsp3) is 0.286. The van der Waals surface area contributed by atoms with Crippen molar-refractivity contribution in [2.24, 2.45) is 0 Å². The van der Waals surface area contributed by atoms with Gasteiger partial charge in [0.25, 0.3) is 0 Å². The predicted octanol–water partition coefficient (Wildman–Crippen LogP) is 1.34. The number of aromatic nitrogens is 2. The Kier molecular flexibility index (Phi) is 2.09. The van der Waals surface area contributed by atoms with Crippen LogP contribution in [0.15, 0.2) is 6.20 Å². The number of rotatable bonds is 1. The van der Waals surface area contributed by atoms with Crippen LogP contribution in [0, 0.1) is 18.4 Å². The van der Waals surface area contributed by atoms with Gasteiger partial charge >= 0.3 is 6.18 Å². The van der Waals surface area contributed by atoms with Crippen LogP contribution in [-0.4, -0.2) is 9.78 Å². The molecule has 1 rings (SSSR count). The summed E-state index contributed by atoms with van der Waals surface area (Å²) < 4.78 is 36.8. The molecule has 1 radical (unpaired) electrons. The second-order valence-electron chi connectivity index (χ2n) is 2.00. The topological polar surface area (TPSA) is 17.8 Å². The Hall–Kier alpha value is -1.44. The molecule has 0 bridgehead atoms. The molecule has 0 aliphatic carbocycles. The van der Waals surface area contributed by atoms with Crippen molar-refractivity contribution in [2.75, 3.05) is 0 Å². The normalized spacial score (nSPS) is 11.2. The first-order chi connectivity index (χ1) is 5.55. The van der Waals surface area contributed by atoms with E-state index in [9.17, 15) is 13.2 Å². The fourth-order valence-corrected chi connectivity index (χ4v) is 0.726. The molecule has 0 aliphatic heterocycles. The van der Waals surface area contributed by atoms with Gasteiger partial charge in [0.2, 0.25) is 0 Å². The lowest BCUT2D eigenvalue weighted by molar-refractivity contribution is -0.144. The highest BCUT2D eigenvalue weighted by molar-refractivity contribution is 5.04. The lowest BCUT2D eigenvalue weighted by Gasteiger charge is -2.06. The summed E-state index contributed by atoms with van der Waals surface area (Å²) in [5.74, 6) is 2.06. The second-order valence-corrected chi connectivity index (χ2v) is 2.00. The third kappa shape index (κ3) is 1.59. The molecule has 63 valence electrons. The van der Waals surface area contributed by atoms with Gasteiger partial charge in [-0.25, -0.2) is 4.68 Å². The van der Waals surface area contributed by atoms with Crippen molar-refractivity contribution in [3.05, 3.63) is 18.0 Å². The van der Waals surface area contributed by atoms with Crippen molar-refractivity contribution in [3.63, 3.8) is 0 Å². The van der Waals surface area contributed by atoms with Gasteiger partial charge in [0.1, 0.15) is 6.54 Å². The quantitative estimate of drug-likeness (QED) is 0.586. The Morgan fingerprint density at radius 3 is 2.83 bits per heavy atom. The van der Waals surface area contributed by atoms with Crippen molar-refractivity contribution in [1.29, 1.82) is 0 Å². The highest BCUT2D eigenvalue weighted by Crippen LogP contribution is 2.28. The standard InChI is InChI=1S/C7H4F3N2/c1-2-5-12-6(3-4-11-12)7(8,9)10/h1,4H,5H2. The van der Waals surface area contributed by atoms with Gasteiger partial charge < -0.3 is 0 Å². The van der Waals surface area contributed by atoms with Crippen LogP contribution in [0.2, 0.25) is 0 Å². The van der Waals surface area contributed by atoms with E-state index in [0.717, 1.165) is 6.20 Å². The Labute approximate surface area is 67.0 Å². The van der Waals surface area contributed by atoms with E-state index in [0.29, 0.717) is 4.68 Å². The van der Waals surface area contributed by atoms with Crippen LogP contribution >= 0.6 is 0 Å². The highest BCUT2D eigenvalue weighted by Gasteiger charge is 2.34. The van der Waals surface area contributed by atoms with Gasteiger partial charge in [0.05, 0.1) is 6.20 Å². The molecule has 0 amide bonds. The van der Waals surface area contributed by atoms with E-state index in [1.165, 1.54) is 0 Å². The van der Waals surface area contributed by atoms with Gasteiger partial charge in [-0.15, -0.1) is 6.42 Å². The molecule has 0 saturated heterocycles.